The normalized spacial score (nSPS) is 13.6. The molecule has 0 unspecified atom stereocenters. The van der Waals surface area contributed by atoms with E-state index in [2.05, 4.69) is 10.6 Å². The lowest BCUT2D eigenvalue weighted by atomic mass is 9.98. The van der Waals surface area contributed by atoms with Gasteiger partial charge in [0, 0.05) is 43.4 Å². The molecule has 4 rings (SSSR count). The van der Waals surface area contributed by atoms with Crippen LogP contribution in [0.5, 0.6) is 0 Å². The number of benzene rings is 3. The number of hydrogen-bond donors (Lipinski definition) is 3. The number of fused-ring (bicyclic) bond motifs is 1. The molecule has 2 amide bonds. The Morgan fingerprint density at radius 1 is 0.949 bits per heavy atom. The molecule has 0 aromatic heterocycles. The predicted octanol–water partition coefficient (Wildman–Crippen LogP) is 4.69. The number of nitrogens with one attached hydrogen (secondary N) is 2. The Bertz CT molecular complexity index is 1420. The minimum atomic E-state index is -0.872. The Hall–Kier alpha value is -4.50. The third kappa shape index (κ3) is 6.69. The Morgan fingerprint density at radius 3 is 2.28 bits per heavy atom. The topological polar surface area (TPSA) is 102 Å². The summed E-state index contributed by atoms with van der Waals surface area (Å²) < 4.78 is 13.9. The number of aryl methyl sites for hydroxylation is 1. The summed E-state index contributed by atoms with van der Waals surface area (Å²) in [6.07, 6.45) is 0.808. The minimum Gasteiger partial charge on any atom is -0.481 e. The zero-order valence-corrected chi connectivity index (χ0v) is 22.1. The first-order valence-electron chi connectivity index (χ1n) is 12.6. The van der Waals surface area contributed by atoms with Gasteiger partial charge in [-0.3, -0.25) is 14.4 Å². The van der Waals surface area contributed by atoms with Gasteiger partial charge in [-0.1, -0.05) is 24.3 Å². The molecule has 3 aromatic carbocycles. The quantitative estimate of drug-likeness (QED) is 0.329. The van der Waals surface area contributed by atoms with Gasteiger partial charge in [0.2, 0.25) is 5.91 Å². The molecule has 1 aliphatic heterocycles. The fourth-order valence-corrected chi connectivity index (χ4v) is 4.31. The highest BCUT2D eigenvalue weighted by Crippen LogP contribution is 2.38. The number of carboxylic acids is 1. The Morgan fingerprint density at radius 2 is 1.64 bits per heavy atom. The summed E-state index contributed by atoms with van der Waals surface area (Å²) in [6.45, 7) is 0.655. The number of halogens is 1. The van der Waals surface area contributed by atoms with Gasteiger partial charge in [0.15, 0.2) is 0 Å². The molecule has 39 heavy (non-hydrogen) atoms. The average Bonchev–Trinajstić information content (AvgIpc) is 3.23. The molecule has 3 N–H and O–H groups in total. The van der Waals surface area contributed by atoms with Crippen molar-refractivity contribution in [3.8, 4) is 0 Å². The standard InChI is InChI=1S/C30H31FN4O4/c1-34(2)17-16-26(36)35(3)23-12-10-22(11-13-23)32-29(20-7-4-19(5-8-20)6-15-27(37)38)28-24-14-9-21(31)18-25(24)33-30(28)39/h4-5,7-14,18,32H,6,15-17H2,1-3H3,(H,33,39)(H,37,38)/b29-28-. The van der Waals surface area contributed by atoms with E-state index in [1.54, 1.807) is 18.0 Å². The molecule has 0 atom stereocenters. The SMILES string of the molecule is CN(C)CCC(=O)N(C)c1ccc(N/C(=C2\C(=O)Nc3cc(F)ccc32)c2ccc(CCC(=O)O)cc2)cc1. The monoisotopic (exact) mass is 530 g/mol. The van der Waals surface area contributed by atoms with E-state index in [0.29, 0.717) is 53.2 Å². The number of carbonyl (C=O) groups is 3. The van der Waals surface area contributed by atoms with Crippen molar-refractivity contribution in [1.82, 2.24) is 4.90 Å². The first kappa shape index (κ1) is 27.5. The van der Waals surface area contributed by atoms with E-state index >= 15 is 0 Å². The summed E-state index contributed by atoms with van der Waals surface area (Å²) in [5.74, 6) is -1.69. The zero-order chi connectivity index (χ0) is 28.1. The number of rotatable bonds is 10. The van der Waals surface area contributed by atoms with E-state index < -0.39 is 11.8 Å². The number of carbonyl (C=O) groups excluding carboxylic acids is 2. The van der Waals surface area contributed by atoms with E-state index in [9.17, 15) is 18.8 Å². The van der Waals surface area contributed by atoms with Gasteiger partial charge < -0.3 is 25.5 Å². The van der Waals surface area contributed by atoms with Gasteiger partial charge in [0.1, 0.15) is 5.82 Å². The van der Waals surface area contributed by atoms with Gasteiger partial charge in [-0.2, -0.15) is 0 Å². The van der Waals surface area contributed by atoms with Crippen LogP contribution in [-0.4, -0.2) is 55.5 Å². The summed E-state index contributed by atoms with van der Waals surface area (Å²) >= 11 is 0. The van der Waals surface area contributed by atoms with Crippen molar-refractivity contribution in [3.63, 3.8) is 0 Å². The largest absolute Gasteiger partial charge is 0.481 e. The average molecular weight is 531 g/mol. The van der Waals surface area contributed by atoms with Gasteiger partial charge in [0.25, 0.3) is 5.91 Å². The molecule has 0 aliphatic carbocycles. The highest BCUT2D eigenvalue weighted by atomic mass is 19.1. The zero-order valence-electron chi connectivity index (χ0n) is 22.1. The molecule has 9 heteroatoms. The number of hydrogen-bond acceptors (Lipinski definition) is 5. The van der Waals surface area contributed by atoms with Gasteiger partial charge in [-0.15, -0.1) is 0 Å². The molecular weight excluding hydrogens is 499 g/mol. The van der Waals surface area contributed by atoms with Crippen LogP contribution in [0.15, 0.2) is 66.7 Å². The number of amides is 2. The fourth-order valence-electron chi connectivity index (χ4n) is 4.31. The molecule has 0 spiro atoms. The van der Waals surface area contributed by atoms with Crippen LogP contribution in [0.1, 0.15) is 29.5 Å². The number of anilines is 3. The van der Waals surface area contributed by atoms with Crippen molar-refractivity contribution < 1.29 is 23.9 Å². The van der Waals surface area contributed by atoms with Crippen LogP contribution in [0.3, 0.4) is 0 Å². The lowest BCUT2D eigenvalue weighted by molar-refractivity contribution is -0.137. The third-order valence-electron chi connectivity index (χ3n) is 6.52. The predicted molar refractivity (Wildman–Crippen MR) is 151 cm³/mol. The van der Waals surface area contributed by atoms with Gasteiger partial charge in [-0.25, -0.2) is 4.39 Å². The Kier molecular flexibility index (Phi) is 8.41. The molecule has 0 bridgehead atoms. The minimum absolute atomic E-state index is 0.00155. The van der Waals surface area contributed by atoms with Crippen LogP contribution in [0.25, 0.3) is 11.3 Å². The molecule has 202 valence electrons. The number of aliphatic carboxylic acids is 1. The molecular formula is C30H31FN4O4. The van der Waals surface area contributed by atoms with Crippen LogP contribution in [0.4, 0.5) is 21.5 Å². The summed E-state index contributed by atoms with van der Waals surface area (Å²) in [4.78, 5) is 40.1. The lowest BCUT2D eigenvalue weighted by Crippen LogP contribution is -2.29. The molecule has 1 aliphatic rings. The third-order valence-corrected chi connectivity index (χ3v) is 6.52. The smallest absolute Gasteiger partial charge is 0.303 e. The number of nitrogens with zero attached hydrogens (tertiary/aromatic N) is 2. The maximum absolute atomic E-state index is 13.9. The second-order valence-corrected chi connectivity index (χ2v) is 9.66. The highest BCUT2D eigenvalue weighted by Gasteiger charge is 2.29. The first-order chi connectivity index (χ1) is 18.6. The van der Waals surface area contributed by atoms with Crippen molar-refractivity contribution in [2.24, 2.45) is 0 Å². The van der Waals surface area contributed by atoms with Crippen molar-refractivity contribution in [1.29, 1.82) is 0 Å². The molecule has 1 heterocycles. The van der Waals surface area contributed by atoms with Crippen LogP contribution in [-0.2, 0) is 20.8 Å². The molecule has 3 aromatic rings. The summed E-state index contributed by atoms with van der Waals surface area (Å²) in [7, 11) is 5.57. The van der Waals surface area contributed by atoms with E-state index in [0.717, 1.165) is 11.3 Å². The Balaban J connectivity index is 1.66. The van der Waals surface area contributed by atoms with Crippen molar-refractivity contribution in [3.05, 3.63) is 89.2 Å². The molecule has 0 radical (unpaired) electrons. The van der Waals surface area contributed by atoms with Gasteiger partial charge in [-0.05, 0) is 74.1 Å². The fraction of sp³-hybridized carbons (Fsp3) is 0.233. The lowest BCUT2D eigenvalue weighted by Gasteiger charge is -2.20. The first-order valence-corrected chi connectivity index (χ1v) is 12.6. The van der Waals surface area contributed by atoms with Crippen molar-refractivity contribution >= 4 is 46.1 Å². The summed E-state index contributed by atoms with van der Waals surface area (Å²) in [5.41, 5.74) is 4.83. The number of carboxylic acid groups (broad SMARTS) is 1. The second kappa shape index (κ2) is 11.9. The highest BCUT2D eigenvalue weighted by molar-refractivity contribution is 6.37. The maximum atomic E-state index is 13.9. The van der Waals surface area contributed by atoms with E-state index in [-0.39, 0.29) is 18.2 Å². The summed E-state index contributed by atoms with van der Waals surface area (Å²) in [6, 6.07) is 18.8. The van der Waals surface area contributed by atoms with Crippen LogP contribution in [0, 0.1) is 5.82 Å². The van der Waals surface area contributed by atoms with Crippen molar-refractivity contribution in [2.75, 3.05) is 43.2 Å². The maximum Gasteiger partial charge on any atom is 0.303 e. The Labute approximate surface area is 226 Å². The molecule has 0 saturated carbocycles. The van der Waals surface area contributed by atoms with Crippen LogP contribution >= 0.6 is 0 Å². The summed E-state index contributed by atoms with van der Waals surface area (Å²) in [5, 5.41) is 15.1. The molecule has 8 nitrogen and oxygen atoms in total. The second-order valence-electron chi connectivity index (χ2n) is 9.66. The van der Waals surface area contributed by atoms with Gasteiger partial charge >= 0.3 is 5.97 Å². The van der Waals surface area contributed by atoms with E-state index in [1.807, 2.05) is 67.5 Å². The van der Waals surface area contributed by atoms with E-state index in [1.165, 1.54) is 12.1 Å². The van der Waals surface area contributed by atoms with E-state index in [4.69, 9.17) is 5.11 Å². The van der Waals surface area contributed by atoms with Crippen molar-refractivity contribution in [2.45, 2.75) is 19.3 Å². The molecule has 0 saturated heterocycles. The molecule has 0 fully saturated rings. The van der Waals surface area contributed by atoms with Crippen LogP contribution < -0.4 is 15.5 Å². The van der Waals surface area contributed by atoms with Crippen LogP contribution in [0.2, 0.25) is 0 Å². The van der Waals surface area contributed by atoms with Gasteiger partial charge in [0.05, 0.1) is 17.0 Å².